The Bertz CT molecular complexity index is 415. The number of para-hydroxylation sites is 2. The van der Waals surface area contributed by atoms with Crippen molar-refractivity contribution in [2.75, 3.05) is 10.9 Å². The average Bonchev–Trinajstić information content (AvgIpc) is 2.38. The monoisotopic (exact) mass is 244 g/mol. The summed E-state index contributed by atoms with van der Waals surface area (Å²) in [5.74, 6) is 0. The van der Waals surface area contributed by atoms with Gasteiger partial charge in [-0.3, -0.25) is 0 Å². The van der Waals surface area contributed by atoms with Gasteiger partial charge in [0.2, 0.25) is 0 Å². The molecule has 0 aliphatic carbocycles. The van der Waals surface area contributed by atoms with E-state index in [0.717, 1.165) is 11.4 Å². The van der Waals surface area contributed by atoms with Crippen LogP contribution >= 0.6 is 0 Å². The molecule has 0 heterocycles. The van der Waals surface area contributed by atoms with Crippen molar-refractivity contribution in [3.05, 3.63) is 60.7 Å². The number of rotatable bonds is 3. The molecule has 2 aromatic carbocycles. The van der Waals surface area contributed by atoms with Gasteiger partial charge >= 0.3 is 6.03 Å². The second kappa shape index (κ2) is 7.56. The number of nitrogens with one attached hydrogen (secondary N) is 2. The maximum absolute atomic E-state index is 9.00. The molecular formula is C13H16N4O. The van der Waals surface area contributed by atoms with Crippen molar-refractivity contribution in [2.45, 2.75) is 0 Å². The second-order valence-electron chi connectivity index (χ2n) is 3.38. The fourth-order valence-corrected chi connectivity index (χ4v) is 1.19. The van der Waals surface area contributed by atoms with E-state index in [4.69, 9.17) is 4.79 Å². The Balaban J connectivity index is 0.000000357. The summed E-state index contributed by atoms with van der Waals surface area (Å²) in [6, 6.07) is 19.2. The first-order chi connectivity index (χ1) is 8.68. The van der Waals surface area contributed by atoms with Gasteiger partial charge in [-0.05, 0) is 24.3 Å². The fourth-order valence-electron chi connectivity index (χ4n) is 1.19. The Morgan fingerprint density at radius 1 is 0.722 bits per heavy atom. The Labute approximate surface area is 106 Å². The highest BCUT2D eigenvalue weighted by Crippen LogP contribution is 2.08. The Hall–Kier alpha value is -2.69. The van der Waals surface area contributed by atoms with Gasteiger partial charge in [-0.25, -0.2) is 4.79 Å². The van der Waals surface area contributed by atoms with Gasteiger partial charge in [-0.2, -0.15) is 0 Å². The number of anilines is 2. The third-order valence-corrected chi connectivity index (χ3v) is 1.90. The van der Waals surface area contributed by atoms with Crippen LogP contribution in [0.4, 0.5) is 16.2 Å². The van der Waals surface area contributed by atoms with Gasteiger partial charge in [0.1, 0.15) is 0 Å². The van der Waals surface area contributed by atoms with Gasteiger partial charge in [0, 0.05) is 0 Å². The minimum atomic E-state index is -0.833. The quantitative estimate of drug-likeness (QED) is 0.623. The molecule has 5 nitrogen and oxygen atoms in total. The smallest absolute Gasteiger partial charge is 0.309 e. The zero-order chi connectivity index (χ0) is 13.2. The number of benzene rings is 2. The Morgan fingerprint density at radius 2 is 1.00 bits per heavy atom. The van der Waals surface area contributed by atoms with E-state index in [1.807, 2.05) is 60.7 Å². The number of nitrogens with two attached hydrogens (primary N) is 2. The first-order valence-corrected chi connectivity index (χ1v) is 5.35. The zero-order valence-electron chi connectivity index (χ0n) is 9.84. The highest BCUT2D eigenvalue weighted by Gasteiger charge is 1.88. The van der Waals surface area contributed by atoms with Crippen LogP contribution in [-0.2, 0) is 0 Å². The van der Waals surface area contributed by atoms with Crippen molar-refractivity contribution in [2.24, 2.45) is 11.5 Å². The van der Waals surface area contributed by atoms with E-state index in [-0.39, 0.29) is 0 Å². The summed E-state index contributed by atoms with van der Waals surface area (Å²) in [4.78, 5) is 9.00. The van der Waals surface area contributed by atoms with E-state index in [1.54, 1.807) is 0 Å². The summed E-state index contributed by atoms with van der Waals surface area (Å²) in [5, 5.41) is 0. The van der Waals surface area contributed by atoms with Gasteiger partial charge in [-0.1, -0.05) is 36.4 Å². The van der Waals surface area contributed by atoms with Crippen molar-refractivity contribution in [3.8, 4) is 0 Å². The van der Waals surface area contributed by atoms with Crippen LogP contribution in [-0.4, -0.2) is 6.03 Å². The number of hydrazine groups is 1. The van der Waals surface area contributed by atoms with E-state index in [1.165, 1.54) is 0 Å². The second-order valence-corrected chi connectivity index (χ2v) is 3.38. The molecule has 6 N–H and O–H groups in total. The number of carbonyl (C=O) groups excluding carboxylic acids is 1. The molecule has 2 rings (SSSR count). The predicted molar refractivity (Wildman–Crippen MR) is 73.9 cm³/mol. The van der Waals surface area contributed by atoms with E-state index in [9.17, 15) is 0 Å². The molecule has 0 fully saturated rings. The van der Waals surface area contributed by atoms with Gasteiger partial charge in [0.15, 0.2) is 0 Å². The summed E-state index contributed by atoms with van der Waals surface area (Å²) < 4.78 is 0. The van der Waals surface area contributed by atoms with Crippen molar-refractivity contribution in [3.63, 3.8) is 0 Å². The molecule has 0 saturated heterocycles. The first-order valence-electron chi connectivity index (χ1n) is 5.35. The molecule has 0 unspecified atom stereocenters. The molecule has 0 radical (unpaired) electrons. The molecule has 18 heavy (non-hydrogen) atoms. The molecule has 94 valence electrons. The SMILES string of the molecule is NC(N)=O.c1ccc(NNc2ccccc2)cc1. The predicted octanol–water partition coefficient (Wildman–Crippen LogP) is 2.15. The number of urea groups is 1. The summed E-state index contributed by atoms with van der Waals surface area (Å²) in [6.45, 7) is 0. The third kappa shape index (κ3) is 6.02. The summed E-state index contributed by atoms with van der Waals surface area (Å²) >= 11 is 0. The summed E-state index contributed by atoms with van der Waals surface area (Å²) in [7, 11) is 0. The molecule has 5 heteroatoms. The zero-order valence-corrected chi connectivity index (χ0v) is 9.84. The van der Waals surface area contributed by atoms with Crippen LogP contribution in [0.2, 0.25) is 0 Å². The van der Waals surface area contributed by atoms with Crippen LogP contribution in [0.15, 0.2) is 60.7 Å². The standard InChI is InChI=1S/C12H12N2.CH4N2O/c1-3-7-11(8-4-1)13-14-12-9-5-2-6-10-12;2-1(3)4/h1-10,13-14H;(H4,2,3,4). The van der Waals surface area contributed by atoms with E-state index >= 15 is 0 Å². The van der Waals surface area contributed by atoms with Gasteiger partial charge in [0.25, 0.3) is 0 Å². The largest absolute Gasteiger partial charge is 0.352 e. The topological polar surface area (TPSA) is 93.2 Å². The lowest BCUT2D eigenvalue weighted by atomic mass is 10.3. The van der Waals surface area contributed by atoms with Crippen molar-refractivity contribution < 1.29 is 4.79 Å². The molecular weight excluding hydrogens is 228 g/mol. The summed E-state index contributed by atoms with van der Waals surface area (Å²) in [5.41, 5.74) is 16.8. The van der Waals surface area contributed by atoms with Gasteiger partial charge in [-0.15, -0.1) is 0 Å². The van der Waals surface area contributed by atoms with Gasteiger partial charge < -0.3 is 22.3 Å². The number of carbonyl (C=O) groups is 1. The van der Waals surface area contributed by atoms with Crippen LogP contribution in [0.1, 0.15) is 0 Å². The average molecular weight is 244 g/mol. The summed E-state index contributed by atoms with van der Waals surface area (Å²) in [6.07, 6.45) is 0. The van der Waals surface area contributed by atoms with E-state index < -0.39 is 6.03 Å². The number of amides is 2. The van der Waals surface area contributed by atoms with Crippen LogP contribution < -0.4 is 22.3 Å². The molecule has 0 aliphatic heterocycles. The van der Waals surface area contributed by atoms with Crippen LogP contribution in [0.25, 0.3) is 0 Å². The van der Waals surface area contributed by atoms with Crippen molar-refractivity contribution in [1.29, 1.82) is 0 Å². The number of hydrogen-bond acceptors (Lipinski definition) is 3. The fraction of sp³-hybridized carbons (Fsp3) is 0. The normalized spacial score (nSPS) is 8.67. The molecule has 0 spiro atoms. The first kappa shape index (κ1) is 13.4. The van der Waals surface area contributed by atoms with Crippen LogP contribution in [0.5, 0.6) is 0 Å². The highest BCUT2D eigenvalue weighted by atomic mass is 16.2. The van der Waals surface area contributed by atoms with E-state index in [0.29, 0.717) is 0 Å². The molecule has 2 aromatic rings. The minimum Gasteiger partial charge on any atom is -0.352 e. The lowest BCUT2D eigenvalue weighted by Gasteiger charge is -2.08. The Morgan fingerprint density at radius 3 is 1.28 bits per heavy atom. The van der Waals surface area contributed by atoms with E-state index in [2.05, 4.69) is 22.3 Å². The van der Waals surface area contributed by atoms with Crippen LogP contribution in [0, 0.1) is 0 Å². The Kier molecular flexibility index (Phi) is 5.62. The third-order valence-electron chi connectivity index (χ3n) is 1.90. The number of primary amides is 2. The minimum absolute atomic E-state index is 0.833. The number of hydrogen-bond donors (Lipinski definition) is 4. The lowest BCUT2D eigenvalue weighted by Crippen LogP contribution is -2.18. The molecule has 0 saturated carbocycles. The van der Waals surface area contributed by atoms with Crippen molar-refractivity contribution in [1.82, 2.24) is 0 Å². The van der Waals surface area contributed by atoms with Crippen molar-refractivity contribution >= 4 is 17.4 Å². The maximum Gasteiger partial charge on any atom is 0.309 e. The van der Waals surface area contributed by atoms with Crippen LogP contribution in [0.3, 0.4) is 0 Å². The molecule has 0 atom stereocenters. The lowest BCUT2D eigenvalue weighted by molar-refractivity contribution is 0.256. The molecule has 2 amide bonds. The molecule has 0 aromatic heterocycles. The molecule has 0 bridgehead atoms. The molecule has 0 aliphatic rings. The van der Waals surface area contributed by atoms with Gasteiger partial charge in [0.05, 0.1) is 11.4 Å². The highest BCUT2D eigenvalue weighted by molar-refractivity contribution is 5.69. The maximum atomic E-state index is 9.00.